The number of amides is 1. The Balaban J connectivity index is 1.58. The number of nitrogens with zero attached hydrogens (tertiary/aromatic N) is 1. The molecule has 3 nitrogen and oxygen atoms in total. The Morgan fingerprint density at radius 3 is 3.00 bits per heavy atom. The van der Waals surface area contributed by atoms with Crippen LogP contribution < -0.4 is 5.32 Å². The zero-order chi connectivity index (χ0) is 12.9. The molecule has 1 saturated carbocycles. The molecule has 3 heterocycles. The molecule has 1 amide bonds. The monoisotopic (exact) mass is 294 g/mol. The van der Waals surface area contributed by atoms with Crippen LogP contribution in [0.2, 0.25) is 0 Å². The first kappa shape index (κ1) is 12.2. The van der Waals surface area contributed by atoms with Crippen molar-refractivity contribution < 1.29 is 4.79 Å². The van der Waals surface area contributed by atoms with E-state index < -0.39 is 0 Å². The molecule has 0 aromatic carbocycles. The van der Waals surface area contributed by atoms with Crippen molar-refractivity contribution in [3.63, 3.8) is 0 Å². The minimum absolute atomic E-state index is 0.121. The standard InChI is InChI=1S/C14H18N2OS2/c17-13-14(5-6-14)15-12(11-4-2-8-19-11)16(13)9-10-3-1-7-18-10/h2,4,8,10,12,15H,1,3,5-7,9H2. The van der Waals surface area contributed by atoms with Crippen LogP contribution in [0.15, 0.2) is 17.5 Å². The third-order valence-corrected chi connectivity index (χ3v) is 6.69. The average molecular weight is 294 g/mol. The van der Waals surface area contributed by atoms with Gasteiger partial charge in [-0.25, -0.2) is 0 Å². The van der Waals surface area contributed by atoms with E-state index in [0.717, 1.165) is 19.4 Å². The maximum atomic E-state index is 12.6. The number of carbonyl (C=O) groups is 1. The summed E-state index contributed by atoms with van der Waals surface area (Å²) in [6.07, 6.45) is 4.72. The van der Waals surface area contributed by atoms with Gasteiger partial charge in [0, 0.05) is 16.7 Å². The lowest BCUT2D eigenvalue weighted by Crippen LogP contribution is -2.36. The number of nitrogens with one attached hydrogen (secondary N) is 1. The van der Waals surface area contributed by atoms with Crippen molar-refractivity contribution in [2.24, 2.45) is 0 Å². The van der Waals surface area contributed by atoms with Crippen LogP contribution in [0.1, 0.15) is 36.7 Å². The first-order valence-electron chi connectivity index (χ1n) is 7.02. The molecular weight excluding hydrogens is 276 g/mol. The van der Waals surface area contributed by atoms with Crippen LogP contribution in [0.5, 0.6) is 0 Å². The minimum atomic E-state index is -0.197. The number of hydrogen-bond acceptors (Lipinski definition) is 4. The van der Waals surface area contributed by atoms with Crippen LogP contribution in [-0.2, 0) is 4.79 Å². The van der Waals surface area contributed by atoms with Crippen LogP contribution in [0.25, 0.3) is 0 Å². The summed E-state index contributed by atoms with van der Waals surface area (Å²) in [5, 5.41) is 6.34. The van der Waals surface area contributed by atoms with Gasteiger partial charge in [0.05, 0.1) is 0 Å². The fourth-order valence-corrected chi connectivity index (χ4v) is 5.20. The molecule has 3 aliphatic rings. The summed E-state index contributed by atoms with van der Waals surface area (Å²) < 4.78 is 0. The van der Waals surface area contributed by atoms with Gasteiger partial charge in [-0.1, -0.05) is 6.07 Å². The summed E-state index contributed by atoms with van der Waals surface area (Å²) >= 11 is 3.78. The molecule has 5 heteroatoms. The predicted octanol–water partition coefficient (Wildman–Crippen LogP) is 2.61. The van der Waals surface area contributed by atoms with E-state index in [-0.39, 0.29) is 11.7 Å². The third-order valence-electron chi connectivity index (χ3n) is 4.38. The van der Waals surface area contributed by atoms with Crippen LogP contribution in [-0.4, -0.2) is 33.9 Å². The number of hydrogen-bond donors (Lipinski definition) is 1. The van der Waals surface area contributed by atoms with Crippen LogP contribution in [0.4, 0.5) is 0 Å². The lowest BCUT2D eigenvalue weighted by Gasteiger charge is -2.25. The van der Waals surface area contributed by atoms with Gasteiger partial charge >= 0.3 is 0 Å². The first-order valence-corrected chi connectivity index (χ1v) is 8.95. The average Bonchev–Trinajstić information content (AvgIpc) is 2.86. The Labute approximate surface area is 121 Å². The zero-order valence-electron chi connectivity index (χ0n) is 10.8. The quantitative estimate of drug-likeness (QED) is 0.930. The maximum Gasteiger partial charge on any atom is 0.244 e. The van der Waals surface area contributed by atoms with Crippen LogP contribution in [0.3, 0.4) is 0 Å². The molecule has 2 unspecified atom stereocenters. The molecule has 19 heavy (non-hydrogen) atoms. The Kier molecular flexibility index (Phi) is 2.90. The van der Waals surface area contributed by atoms with E-state index in [0.29, 0.717) is 11.2 Å². The van der Waals surface area contributed by atoms with Crippen molar-refractivity contribution in [1.29, 1.82) is 0 Å². The molecule has 1 aromatic rings. The van der Waals surface area contributed by atoms with Crippen molar-refractivity contribution in [3.8, 4) is 0 Å². The Hall–Kier alpha value is -0.520. The van der Waals surface area contributed by atoms with E-state index >= 15 is 0 Å². The van der Waals surface area contributed by atoms with Crippen molar-refractivity contribution in [1.82, 2.24) is 10.2 Å². The minimum Gasteiger partial charge on any atom is -0.319 e. The molecular formula is C14H18N2OS2. The summed E-state index contributed by atoms with van der Waals surface area (Å²) in [4.78, 5) is 16.0. The normalized spacial score (nSPS) is 32.4. The van der Waals surface area contributed by atoms with Crippen molar-refractivity contribution in [2.45, 2.75) is 42.6 Å². The van der Waals surface area contributed by atoms with Crippen LogP contribution >= 0.6 is 23.1 Å². The van der Waals surface area contributed by atoms with Gasteiger partial charge in [0.15, 0.2) is 0 Å². The maximum absolute atomic E-state index is 12.6. The van der Waals surface area contributed by atoms with E-state index in [2.05, 4.69) is 27.7 Å². The molecule has 0 radical (unpaired) electrons. The van der Waals surface area contributed by atoms with Crippen molar-refractivity contribution in [3.05, 3.63) is 22.4 Å². The molecule has 2 saturated heterocycles. The first-order chi connectivity index (χ1) is 9.28. The van der Waals surface area contributed by atoms with Gasteiger partial charge in [-0.05, 0) is 42.9 Å². The summed E-state index contributed by atoms with van der Waals surface area (Å²) in [7, 11) is 0. The molecule has 0 bridgehead atoms. The highest BCUT2D eigenvalue weighted by molar-refractivity contribution is 8.00. The molecule has 1 N–H and O–H groups in total. The highest BCUT2D eigenvalue weighted by Crippen LogP contribution is 2.47. The fourth-order valence-electron chi connectivity index (χ4n) is 3.14. The summed E-state index contributed by atoms with van der Waals surface area (Å²) in [6, 6.07) is 4.22. The van der Waals surface area contributed by atoms with Gasteiger partial charge in [-0.15, -0.1) is 11.3 Å². The molecule has 3 fully saturated rings. The lowest BCUT2D eigenvalue weighted by atomic mass is 10.2. The second kappa shape index (κ2) is 4.50. The van der Waals surface area contributed by atoms with Gasteiger partial charge < -0.3 is 4.90 Å². The van der Waals surface area contributed by atoms with E-state index in [1.54, 1.807) is 11.3 Å². The lowest BCUT2D eigenvalue weighted by molar-refractivity contribution is -0.130. The molecule has 1 aliphatic carbocycles. The molecule has 1 aromatic heterocycles. The number of carbonyl (C=O) groups excluding carboxylic acids is 1. The number of thiophene rings is 1. The van der Waals surface area contributed by atoms with E-state index in [1.807, 2.05) is 11.8 Å². The van der Waals surface area contributed by atoms with Crippen LogP contribution in [0, 0.1) is 0 Å². The van der Waals surface area contributed by atoms with Gasteiger partial charge in [0.1, 0.15) is 11.7 Å². The van der Waals surface area contributed by atoms with Crippen molar-refractivity contribution >= 4 is 29.0 Å². The second-order valence-electron chi connectivity index (χ2n) is 5.74. The largest absolute Gasteiger partial charge is 0.319 e. The number of rotatable bonds is 3. The van der Waals surface area contributed by atoms with Gasteiger partial charge in [0.25, 0.3) is 0 Å². The van der Waals surface area contributed by atoms with Crippen molar-refractivity contribution in [2.75, 3.05) is 12.3 Å². The summed E-state index contributed by atoms with van der Waals surface area (Å²) in [6.45, 7) is 0.917. The molecule has 1 spiro atoms. The molecule has 2 aliphatic heterocycles. The predicted molar refractivity (Wildman–Crippen MR) is 79.4 cm³/mol. The molecule has 102 valence electrons. The Morgan fingerprint density at radius 2 is 2.37 bits per heavy atom. The highest BCUT2D eigenvalue weighted by Gasteiger charge is 2.59. The topological polar surface area (TPSA) is 32.3 Å². The smallest absolute Gasteiger partial charge is 0.244 e. The summed E-state index contributed by atoms with van der Waals surface area (Å²) in [5.41, 5.74) is -0.197. The van der Waals surface area contributed by atoms with E-state index in [1.165, 1.54) is 23.5 Å². The fraction of sp³-hybridized carbons (Fsp3) is 0.643. The molecule has 4 rings (SSSR count). The van der Waals surface area contributed by atoms with Gasteiger partial charge in [0.2, 0.25) is 5.91 Å². The zero-order valence-corrected chi connectivity index (χ0v) is 12.4. The SMILES string of the molecule is O=C1N(CC2CCCS2)C(c2cccs2)NC12CC2. The Bertz CT molecular complexity index is 478. The van der Waals surface area contributed by atoms with Gasteiger partial charge in [-0.2, -0.15) is 11.8 Å². The van der Waals surface area contributed by atoms with E-state index in [4.69, 9.17) is 0 Å². The Morgan fingerprint density at radius 1 is 1.47 bits per heavy atom. The summed E-state index contributed by atoms with van der Waals surface area (Å²) in [5.74, 6) is 1.60. The third kappa shape index (κ3) is 2.03. The van der Waals surface area contributed by atoms with Gasteiger partial charge in [-0.3, -0.25) is 10.1 Å². The number of thioether (sulfide) groups is 1. The highest BCUT2D eigenvalue weighted by atomic mass is 32.2. The van der Waals surface area contributed by atoms with E-state index in [9.17, 15) is 4.79 Å². The second-order valence-corrected chi connectivity index (χ2v) is 8.12. The molecule has 2 atom stereocenters.